The Kier molecular flexibility index (Phi) is 5.63. The first-order valence-corrected chi connectivity index (χ1v) is 9.24. The van der Waals surface area contributed by atoms with E-state index in [1.165, 1.54) is 0 Å². The summed E-state index contributed by atoms with van der Waals surface area (Å²) in [5.41, 5.74) is 0.788. The number of hydrogen-bond donors (Lipinski definition) is 1. The summed E-state index contributed by atoms with van der Waals surface area (Å²) in [6.07, 6.45) is 6.01. The molecule has 1 aliphatic heterocycles. The number of amides is 1. The van der Waals surface area contributed by atoms with Crippen molar-refractivity contribution in [1.29, 1.82) is 0 Å². The summed E-state index contributed by atoms with van der Waals surface area (Å²) in [4.78, 5) is 22.9. The van der Waals surface area contributed by atoms with Crippen molar-refractivity contribution in [1.82, 2.24) is 14.9 Å². The SMILES string of the molecule is CCCOc1nccnc1NC1CCN(C(=O)c2ccsc2)CC1. The van der Waals surface area contributed by atoms with Gasteiger partial charge in [-0.25, -0.2) is 9.97 Å². The molecule has 0 unspecified atom stereocenters. The summed E-state index contributed by atoms with van der Waals surface area (Å²) in [6, 6.07) is 2.16. The maximum Gasteiger partial charge on any atom is 0.257 e. The number of carbonyl (C=O) groups excluding carboxylic acids is 1. The number of hydrogen-bond acceptors (Lipinski definition) is 6. The van der Waals surface area contributed by atoms with Crippen LogP contribution in [0.2, 0.25) is 0 Å². The second-order valence-electron chi connectivity index (χ2n) is 5.78. The zero-order chi connectivity index (χ0) is 16.8. The lowest BCUT2D eigenvalue weighted by Gasteiger charge is -2.32. The van der Waals surface area contributed by atoms with Crippen molar-refractivity contribution >= 4 is 23.1 Å². The Hall–Kier alpha value is -2.15. The third kappa shape index (κ3) is 4.03. The van der Waals surface area contributed by atoms with E-state index in [-0.39, 0.29) is 11.9 Å². The molecule has 3 heterocycles. The van der Waals surface area contributed by atoms with Crippen LogP contribution in [0.1, 0.15) is 36.5 Å². The summed E-state index contributed by atoms with van der Waals surface area (Å²) in [6.45, 7) is 4.18. The lowest BCUT2D eigenvalue weighted by Crippen LogP contribution is -2.42. The van der Waals surface area contributed by atoms with Crippen LogP contribution in [-0.4, -0.2) is 46.5 Å². The molecule has 2 aromatic heterocycles. The molecule has 1 amide bonds. The minimum absolute atomic E-state index is 0.126. The number of aromatic nitrogens is 2. The van der Waals surface area contributed by atoms with Crippen molar-refractivity contribution < 1.29 is 9.53 Å². The molecule has 0 saturated carbocycles. The van der Waals surface area contributed by atoms with E-state index in [4.69, 9.17) is 4.74 Å². The van der Waals surface area contributed by atoms with Crippen molar-refractivity contribution in [3.05, 3.63) is 34.8 Å². The maximum atomic E-state index is 12.4. The van der Waals surface area contributed by atoms with E-state index in [2.05, 4.69) is 22.2 Å². The minimum atomic E-state index is 0.126. The highest BCUT2D eigenvalue weighted by molar-refractivity contribution is 7.08. The van der Waals surface area contributed by atoms with Gasteiger partial charge in [-0.2, -0.15) is 11.3 Å². The number of nitrogens with one attached hydrogen (secondary N) is 1. The van der Waals surface area contributed by atoms with Crippen LogP contribution in [0.15, 0.2) is 29.2 Å². The molecule has 24 heavy (non-hydrogen) atoms. The van der Waals surface area contributed by atoms with Crippen molar-refractivity contribution in [2.45, 2.75) is 32.2 Å². The molecule has 0 aromatic carbocycles. The van der Waals surface area contributed by atoms with Gasteiger partial charge in [0.2, 0.25) is 0 Å². The Bertz CT molecular complexity index is 654. The Morgan fingerprint density at radius 1 is 1.38 bits per heavy atom. The van der Waals surface area contributed by atoms with Crippen LogP contribution < -0.4 is 10.1 Å². The highest BCUT2D eigenvalue weighted by Crippen LogP contribution is 2.23. The number of thiophene rings is 1. The standard InChI is InChI=1S/C17H22N4O2S/c1-2-10-23-16-15(18-6-7-19-16)20-14-3-8-21(9-4-14)17(22)13-5-11-24-12-13/h5-7,11-12,14H,2-4,8-10H2,1H3,(H,18,20). The fourth-order valence-corrected chi connectivity index (χ4v) is 3.35. The molecule has 0 atom stereocenters. The molecule has 1 aliphatic rings. The van der Waals surface area contributed by atoms with Crippen LogP contribution in [0.3, 0.4) is 0 Å². The van der Waals surface area contributed by atoms with Gasteiger partial charge >= 0.3 is 0 Å². The van der Waals surface area contributed by atoms with E-state index in [1.54, 1.807) is 23.7 Å². The topological polar surface area (TPSA) is 67.4 Å². The third-order valence-electron chi connectivity index (χ3n) is 4.00. The monoisotopic (exact) mass is 346 g/mol. The van der Waals surface area contributed by atoms with E-state index in [0.717, 1.165) is 37.9 Å². The number of carbonyl (C=O) groups is 1. The molecular weight excluding hydrogens is 324 g/mol. The van der Waals surface area contributed by atoms with E-state index in [9.17, 15) is 4.79 Å². The molecule has 2 aromatic rings. The Balaban J connectivity index is 1.55. The van der Waals surface area contributed by atoms with Gasteiger partial charge in [0, 0.05) is 36.9 Å². The first-order chi connectivity index (χ1) is 11.8. The largest absolute Gasteiger partial charge is 0.475 e. The quantitative estimate of drug-likeness (QED) is 0.871. The van der Waals surface area contributed by atoms with Gasteiger partial charge in [-0.05, 0) is 30.7 Å². The van der Waals surface area contributed by atoms with E-state index >= 15 is 0 Å². The smallest absolute Gasteiger partial charge is 0.257 e. The van der Waals surface area contributed by atoms with E-state index in [0.29, 0.717) is 18.3 Å². The van der Waals surface area contributed by atoms with Crippen LogP contribution in [0, 0.1) is 0 Å². The second kappa shape index (κ2) is 8.10. The summed E-state index contributed by atoms with van der Waals surface area (Å²) in [5.74, 6) is 1.37. The molecular formula is C17H22N4O2S. The first kappa shape index (κ1) is 16.7. The van der Waals surface area contributed by atoms with Crippen LogP contribution in [0.5, 0.6) is 5.88 Å². The van der Waals surface area contributed by atoms with Gasteiger partial charge in [0.1, 0.15) is 0 Å². The molecule has 3 rings (SSSR count). The summed E-state index contributed by atoms with van der Waals surface area (Å²) in [7, 11) is 0. The average Bonchev–Trinajstić information content (AvgIpc) is 3.16. The third-order valence-corrected chi connectivity index (χ3v) is 4.68. The van der Waals surface area contributed by atoms with Crippen LogP contribution in [0.4, 0.5) is 5.82 Å². The van der Waals surface area contributed by atoms with Crippen molar-refractivity contribution in [2.24, 2.45) is 0 Å². The van der Waals surface area contributed by atoms with Gasteiger partial charge in [-0.15, -0.1) is 0 Å². The van der Waals surface area contributed by atoms with Crippen molar-refractivity contribution in [3.8, 4) is 5.88 Å². The zero-order valence-electron chi connectivity index (χ0n) is 13.8. The zero-order valence-corrected chi connectivity index (χ0v) is 14.6. The number of anilines is 1. The minimum Gasteiger partial charge on any atom is -0.475 e. The lowest BCUT2D eigenvalue weighted by atomic mass is 10.0. The van der Waals surface area contributed by atoms with E-state index < -0.39 is 0 Å². The molecule has 1 N–H and O–H groups in total. The van der Waals surface area contributed by atoms with Crippen LogP contribution in [-0.2, 0) is 0 Å². The number of nitrogens with zero attached hydrogens (tertiary/aromatic N) is 3. The van der Waals surface area contributed by atoms with Crippen molar-refractivity contribution in [3.63, 3.8) is 0 Å². The molecule has 0 aliphatic carbocycles. The van der Waals surface area contributed by atoms with Gasteiger partial charge in [0.05, 0.1) is 12.2 Å². The van der Waals surface area contributed by atoms with Gasteiger partial charge in [0.25, 0.3) is 11.8 Å². The lowest BCUT2D eigenvalue weighted by molar-refractivity contribution is 0.0719. The number of likely N-dealkylation sites (tertiary alicyclic amines) is 1. The number of piperidine rings is 1. The van der Waals surface area contributed by atoms with Crippen LogP contribution in [0.25, 0.3) is 0 Å². The fraction of sp³-hybridized carbons (Fsp3) is 0.471. The molecule has 7 heteroatoms. The Morgan fingerprint density at radius 2 is 2.17 bits per heavy atom. The maximum absolute atomic E-state index is 12.4. The summed E-state index contributed by atoms with van der Waals surface area (Å²) in [5, 5.41) is 7.26. The number of ether oxygens (including phenoxy) is 1. The molecule has 128 valence electrons. The molecule has 0 radical (unpaired) electrons. The normalized spacial score (nSPS) is 15.3. The summed E-state index contributed by atoms with van der Waals surface area (Å²) < 4.78 is 5.64. The highest BCUT2D eigenvalue weighted by Gasteiger charge is 2.24. The van der Waals surface area contributed by atoms with Crippen LogP contribution >= 0.6 is 11.3 Å². The van der Waals surface area contributed by atoms with Crippen molar-refractivity contribution in [2.75, 3.05) is 25.0 Å². The Labute approximate surface area is 145 Å². The van der Waals surface area contributed by atoms with Gasteiger partial charge < -0.3 is 15.0 Å². The highest BCUT2D eigenvalue weighted by atomic mass is 32.1. The molecule has 1 fully saturated rings. The van der Waals surface area contributed by atoms with Gasteiger partial charge in [-0.3, -0.25) is 4.79 Å². The number of rotatable bonds is 6. The summed E-state index contributed by atoms with van der Waals surface area (Å²) >= 11 is 1.55. The first-order valence-electron chi connectivity index (χ1n) is 8.29. The molecule has 6 nitrogen and oxygen atoms in total. The second-order valence-corrected chi connectivity index (χ2v) is 6.56. The predicted octanol–water partition coefficient (Wildman–Crippen LogP) is 3.04. The van der Waals surface area contributed by atoms with E-state index in [1.807, 2.05) is 21.7 Å². The molecule has 0 bridgehead atoms. The van der Waals surface area contributed by atoms with Gasteiger partial charge in [-0.1, -0.05) is 6.92 Å². The molecule has 1 saturated heterocycles. The average molecular weight is 346 g/mol. The predicted molar refractivity (Wildman–Crippen MR) is 94.7 cm³/mol. The fourth-order valence-electron chi connectivity index (χ4n) is 2.72. The Morgan fingerprint density at radius 3 is 2.88 bits per heavy atom. The van der Waals surface area contributed by atoms with Gasteiger partial charge in [0.15, 0.2) is 5.82 Å². The molecule has 0 spiro atoms.